The molecule has 0 bridgehead atoms. The maximum atomic E-state index is 11.0. The van der Waals surface area contributed by atoms with Crippen LogP contribution in [-0.4, -0.2) is 17.1 Å². The van der Waals surface area contributed by atoms with Crippen molar-refractivity contribution < 1.29 is 9.90 Å². The highest BCUT2D eigenvalue weighted by molar-refractivity contribution is 5.85. The van der Waals surface area contributed by atoms with Crippen LogP contribution in [0.15, 0.2) is 18.2 Å². The van der Waals surface area contributed by atoms with E-state index in [0.717, 1.165) is 6.42 Å². The van der Waals surface area contributed by atoms with Crippen molar-refractivity contribution >= 4 is 18.4 Å². The van der Waals surface area contributed by atoms with Crippen molar-refractivity contribution in [3.05, 3.63) is 34.9 Å². The minimum atomic E-state index is -0.752. The number of carbonyl (C=O) groups is 1. The molecule has 1 aliphatic rings. The van der Waals surface area contributed by atoms with Crippen LogP contribution in [0.2, 0.25) is 0 Å². The average molecular weight is 284 g/mol. The Morgan fingerprint density at radius 1 is 1.37 bits per heavy atom. The Labute approximate surface area is 120 Å². The van der Waals surface area contributed by atoms with Gasteiger partial charge in [0.2, 0.25) is 0 Å². The summed E-state index contributed by atoms with van der Waals surface area (Å²) in [4.78, 5) is 11.0. The predicted octanol–water partition coefficient (Wildman–Crippen LogP) is 2.94. The van der Waals surface area contributed by atoms with E-state index in [0.29, 0.717) is 13.0 Å². The molecule has 0 radical (unpaired) electrons. The Bertz CT molecular complexity index is 434. The Balaban J connectivity index is 0.00000180. The standard InChI is InChI=1S/C15H21NO2.ClH/c1-2-4-14(15(17)18)16-10-11-7-8-12-5-3-6-13(12)9-11;/h7-9,14,16H,2-6,10H2,1H3,(H,17,18);1H. The van der Waals surface area contributed by atoms with E-state index in [9.17, 15) is 4.79 Å². The number of nitrogens with one attached hydrogen (secondary N) is 1. The van der Waals surface area contributed by atoms with Gasteiger partial charge in [-0.3, -0.25) is 4.79 Å². The van der Waals surface area contributed by atoms with Crippen molar-refractivity contribution in [1.29, 1.82) is 0 Å². The molecule has 0 heterocycles. The van der Waals surface area contributed by atoms with Crippen LogP contribution >= 0.6 is 12.4 Å². The van der Waals surface area contributed by atoms with Gasteiger partial charge in [0, 0.05) is 6.54 Å². The van der Waals surface area contributed by atoms with Crippen LogP contribution in [-0.2, 0) is 24.2 Å². The molecular formula is C15H22ClNO2. The molecule has 0 aromatic heterocycles. The Kier molecular flexibility index (Phi) is 6.32. The summed E-state index contributed by atoms with van der Waals surface area (Å²) in [7, 11) is 0. The molecule has 106 valence electrons. The van der Waals surface area contributed by atoms with Gasteiger partial charge in [-0.2, -0.15) is 0 Å². The van der Waals surface area contributed by atoms with Crippen molar-refractivity contribution in [2.75, 3.05) is 0 Å². The highest BCUT2D eigenvalue weighted by Crippen LogP contribution is 2.22. The average Bonchev–Trinajstić information content (AvgIpc) is 2.81. The minimum absolute atomic E-state index is 0. The predicted molar refractivity (Wildman–Crippen MR) is 78.9 cm³/mol. The summed E-state index contributed by atoms with van der Waals surface area (Å²) >= 11 is 0. The molecule has 1 aliphatic carbocycles. The molecule has 0 saturated carbocycles. The summed E-state index contributed by atoms with van der Waals surface area (Å²) < 4.78 is 0. The number of fused-ring (bicyclic) bond motifs is 1. The fourth-order valence-corrected chi connectivity index (χ4v) is 2.58. The number of hydrogen-bond donors (Lipinski definition) is 2. The quantitative estimate of drug-likeness (QED) is 0.844. The normalized spacial score (nSPS) is 14.6. The van der Waals surface area contributed by atoms with Gasteiger partial charge in [-0.15, -0.1) is 12.4 Å². The van der Waals surface area contributed by atoms with Gasteiger partial charge >= 0.3 is 5.97 Å². The lowest BCUT2D eigenvalue weighted by Crippen LogP contribution is -2.36. The van der Waals surface area contributed by atoms with E-state index in [2.05, 4.69) is 23.5 Å². The third-order valence-corrected chi connectivity index (χ3v) is 3.59. The highest BCUT2D eigenvalue weighted by atomic mass is 35.5. The molecule has 1 unspecified atom stereocenters. The molecular weight excluding hydrogens is 262 g/mol. The van der Waals surface area contributed by atoms with E-state index in [1.807, 2.05) is 6.92 Å². The monoisotopic (exact) mass is 283 g/mol. The maximum absolute atomic E-state index is 11.0. The molecule has 2 N–H and O–H groups in total. The second-order valence-corrected chi connectivity index (χ2v) is 5.02. The molecule has 0 saturated heterocycles. The third-order valence-electron chi connectivity index (χ3n) is 3.59. The molecule has 1 atom stereocenters. The SMILES string of the molecule is CCCC(NCc1ccc2c(c1)CCC2)C(=O)O.Cl. The molecule has 2 rings (SSSR count). The van der Waals surface area contributed by atoms with E-state index in [1.54, 1.807) is 0 Å². The largest absolute Gasteiger partial charge is 0.480 e. The summed E-state index contributed by atoms with van der Waals surface area (Å²) in [6.45, 7) is 2.65. The first-order chi connectivity index (χ1) is 8.70. The Hall–Kier alpha value is -1.06. The van der Waals surface area contributed by atoms with Crippen LogP contribution in [0.4, 0.5) is 0 Å². The van der Waals surface area contributed by atoms with Gasteiger partial charge in [0.1, 0.15) is 6.04 Å². The first-order valence-corrected chi connectivity index (χ1v) is 6.77. The molecule has 3 nitrogen and oxygen atoms in total. The van der Waals surface area contributed by atoms with Gasteiger partial charge in [-0.1, -0.05) is 31.5 Å². The fraction of sp³-hybridized carbons (Fsp3) is 0.533. The lowest BCUT2D eigenvalue weighted by atomic mass is 10.1. The van der Waals surface area contributed by atoms with Gasteiger partial charge in [0.25, 0.3) is 0 Å². The molecule has 19 heavy (non-hydrogen) atoms. The topological polar surface area (TPSA) is 49.3 Å². The van der Waals surface area contributed by atoms with Crippen molar-refractivity contribution in [1.82, 2.24) is 5.32 Å². The van der Waals surface area contributed by atoms with Gasteiger partial charge in [0.05, 0.1) is 0 Å². The number of carboxylic acid groups (broad SMARTS) is 1. The molecule has 1 aromatic rings. The first kappa shape index (κ1) is 16.0. The van der Waals surface area contributed by atoms with Crippen molar-refractivity contribution in [2.24, 2.45) is 0 Å². The Morgan fingerprint density at radius 3 is 2.79 bits per heavy atom. The number of carboxylic acids is 1. The number of halogens is 1. The van der Waals surface area contributed by atoms with Crippen molar-refractivity contribution in [2.45, 2.75) is 51.6 Å². The van der Waals surface area contributed by atoms with Crippen LogP contribution in [0.25, 0.3) is 0 Å². The van der Waals surface area contributed by atoms with Crippen LogP contribution in [0.3, 0.4) is 0 Å². The zero-order chi connectivity index (χ0) is 13.0. The second-order valence-electron chi connectivity index (χ2n) is 5.02. The maximum Gasteiger partial charge on any atom is 0.320 e. The lowest BCUT2D eigenvalue weighted by molar-refractivity contribution is -0.139. The number of aryl methyl sites for hydroxylation is 2. The van der Waals surface area contributed by atoms with E-state index in [-0.39, 0.29) is 12.4 Å². The van der Waals surface area contributed by atoms with Gasteiger partial charge in [-0.05, 0) is 42.4 Å². The minimum Gasteiger partial charge on any atom is -0.480 e. The zero-order valence-corrected chi connectivity index (χ0v) is 12.1. The zero-order valence-electron chi connectivity index (χ0n) is 11.3. The number of rotatable bonds is 6. The van der Waals surface area contributed by atoms with Gasteiger partial charge in [0.15, 0.2) is 0 Å². The molecule has 0 spiro atoms. The summed E-state index contributed by atoms with van der Waals surface area (Å²) in [5.41, 5.74) is 4.09. The second kappa shape index (κ2) is 7.51. The third kappa shape index (κ3) is 4.22. The van der Waals surface area contributed by atoms with E-state index >= 15 is 0 Å². The van der Waals surface area contributed by atoms with Crippen molar-refractivity contribution in [3.8, 4) is 0 Å². The summed E-state index contributed by atoms with van der Waals surface area (Å²) in [5.74, 6) is -0.752. The number of aliphatic carboxylic acids is 1. The fourth-order valence-electron chi connectivity index (χ4n) is 2.58. The van der Waals surface area contributed by atoms with Crippen LogP contribution < -0.4 is 5.32 Å². The molecule has 0 amide bonds. The van der Waals surface area contributed by atoms with Gasteiger partial charge < -0.3 is 10.4 Å². The summed E-state index contributed by atoms with van der Waals surface area (Å²) in [6.07, 6.45) is 5.17. The molecule has 4 heteroatoms. The van der Waals surface area contributed by atoms with E-state index in [4.69, 9.17) is 5.11 Å². The lowest BCUT2D eigenvalue weighted by Gasteiger charge is -2.14. The molecule has 0 aliphatic heterocycles. The van der Waals surface area contributed by atoms with Crippen LogP contribution in [0, 0.1) is 0 Å². The smallest absolute Gasteiger partial charge is 0.320 e. The number of hydrogen-bond acceptors (Lipinski definition) is 2. The first-order valence-electron chi connectivity index (χ1n) is 6.77. The Morgan fingerprint density at radius 2 is 2.11 bits per heavy atom. The van der Waals surface area contributed by atoms with E-state index in [1.165, 1.54) is 36.0 Å². The van der Waals surface area contributed by atoms with Crippen molar-refractivity contribution in [3.63, 3.8) is 0 Å². The van der Waals surface area contributed by atoms with E-state index < -0.39 is 12.0 Å². The number of benzene rings is 1. The summed E-state index contributed by atoms with van der Waals surface area (Å²) in [5, 5.41) is 12.2. The summed E-state index contributed by atoms with van der Waals surface area (Å²) in [6, 6.07) is 6.10. The molecule has 0 fully saturated rings. The van der Waals surface area contributed by atoms with Crippen LogP contribution in [0.5, 0.6) is 0 Å². The molecule has 1 aromatic carbocycles. The highest BCUT2D eigenvalue weighted by Gasteiger charge is 2.16. The van der Waals surface area contributed by atoms with Crippen LogP contribution in [0.1, 0.15) is 42.9 Å². The van der Waals surface area contributed by atoms with Gasteiger partial charge in [-0.25, -0.2) is 0 Å².